The molecule has 5 rings (SSSR count). The zero-order chi connectivity index (χ0) is 20.1. The highest BCUT2D eigenvalue weighted by atomic mass is 16.6. The molecule has 0 radical (unpaired) electrons. The van der Waals surface area contributed by atoms with Crippen molar-refractivity contribution in [3.8, 4) is 0 Å². The number of nitrogens with zero attached hydrogens (tertiary/aromatic N) is 2. The van der Waals surface area contributed by atoms with Gasteiger partial charge in [-0.25, -0.2) is 0 Å². The third-order valence-corrected chi connectivity index (χ3v) is 6.03. The van der Waals surface area contributed by atoms with Crippen molar-refractivity contribution in [2.24, 2.45) is 5.92 Å². The molecule has 2 aliphatic rings. The molecule has 0 saturated carbocycles. The largest absolute Gasteiger partial charge is 0.378 e. The van der Waals surface area contributed by atoms with Crippen molar-refractivity contribution in [1.82, 2.24) is 0 Å². The molecule has 7 heteroatoms. The molecule has 1 aliphatic carbocycles. The first-order valence-corrected chi connectivity index (χ1v) is 9.40. The van der Waals surface area contributed by atoms with Crippen LogP contribution in [0, 0.1) is 26.1 Å². The summed E-state index contributed by atoms with van der Waals surface area (Å²) in [5.41, 5.74) is 5.13. The molecule has 144 valence electrons. The van der Waals surface area contributed by atoms with Crippen LogP contribution >= 0.6 is 0 Å². The summed E-state index contributed by atoms with van der Waals surface area (Å²) in [6.07, 6.45) is 0.809. The zero-order valence-electron chi connectivity index (χ0n) is 15.3. The van der Waals surface area contributed by atoms with Gasteiger partial charge in [-0.15, -0.1) is 0 Å². The fourth-order valence-electron chi connectivity index (χ4n) is 4.82. The Morgan fingerprint density at radius 2 is 1.59 bits per heavy atom. The van der Waals surface area contributed by atoms with E-state index in [1.54, 1.807) is 24.3 Å². The van der Waals surface area contributed by atoms with Crippen LogP contribution in [0.25, 0.3) is 0 Å². The highest BCUT2D eigenvalue weighted by Gasteiger charge is 2.44. The van der Waals surface area contributed by atoms with E-state index in [0.29, 0.717) is 0 Å². The van der Waals surface area contributed by atoms with E-state index in [-0.39, 0.29) is 39.1 Å². The highest BCUT2D eigenvalue weighted by molar-refractivity contribution is 5.65. The van der Waals surface area contributed by atoms with Gasteiger partial charge in [0.05, 0.1) is 15.9 Å². The highest BCUT2D eigenvalue weighted by Crippen LogP contribution is 2.54. The van der Waals surface area contributed by atoms with Crippen LogP contribution in [0.2, 0.25) is 0 Å². The van der Waals surface area contributed by atoms with Gasteiger partial charge in [-0.05, 0) is 40.7 Å². The smallest absolute Gasteiger partial charge is 0.269 e. The first-order chi connectivity index (χ1) is 14.0. The van der Waals surface area contributed by atoms with E-state index in [4.69, 9.17) is 0 Å². The Bertz CT molecular complexity index is 1160. The van der Waals surface area contributed by atoms with Crippen molar-refractivity contribution in [3.63, 3.8) is 0 Å². The second kappa shape index (κ2) is 6.41. The molecule has 1 heterocycles. The van der Waals surface area contributed by atoms with Gasteiger partial charge in [-0.3, -0.25) is 20.2 Å². The van der Waals surface area contributed by atoms with Gasteiger partial charge in [0, 0.05) is 35.9 Å². The zero-order valence-corrected chi connectivity index (χ0v) is 15.3. The maximum atomic E-state index is 11.3. The van der Waals surface area contributed by atoms with Gasteiger partial charge >= 0.3 is 0 Å². The summed E-state index contributed by atoms with van der Waals surface area (Å²) in [6.45, 7) is 0. The van der Waals surface area contributed by atoms with Crippen LogP contribution in [0.5, 0.6) is 0 Å². The Hall–Kier alpha value is -3.74. The average molecular weight is 387 g/mol. The molecule has 1 N–H and O–H groups in total. The summed E-state index contributed by atoms with van der Waals surface area (Å²) >= 11 is 0. The van der Waals surface area contributed by atoms with Crippen molar-refractivity contribution in [1.29, 1.82) is 0 Å². The van der Waals surface area contributed by atoms with Gasteiger partial charge in [0.25, 0.3) is 11.4 Å². The van der Waals surface area contributed by atoms with Crippen LogP contribution < -0.4 is 5.32 Å². The molecule has 7 nitrogen and oxygen atoms in total. The molecule has 3 aromatic carbocycles. The van der Waals surface area contributed by atoms with Crippen molar-refractivity contribution in [2.75, 3.05) is 5.32 Å². The summed E-state index contributed by atoms with van der Waals surface area (Å²) in [6, 6.07) is 19.7. The normalized spacial score (nSPS) is 21.4. The molecule has 0 saturated heterocycles. The summed E-state index contributed by atoms with van der Waals surface area (Å²) in [5.74, 6) is 0.121. The predicted octanol–water partition coefficient (Wildman–Crippen LogP) is 4.97. The van der Waals surface area contributed by atoms with Crippen molar-refractivity contribution < 1.29 is 9.85 Å². The van der Waals surface area contributed by atoms with Crippen molar-refractivity contribution in [3.05, 3.63) is 109 Å². The third-order valence-electron chi connectivity index (χ3n) is 6.03. The molecule has 1 aliphatic heterocycles. The minimum atomic E-state index is -0.384. The van der Waals surface area contributed by atoms with E-state index in [1.807, 2.05) is 18.2 Å². The lowest BCUT2D eigenvalue weighted by Crippen LogP contribution is -2.30. The summed E-state index contributed by atoms with van der Waals surface area (Å²) < 4.78 is 0. The number of nitro groups is 2. The molecule has 29 heavy (non-hydrogen) atoms. The third kappa shape index (κ3) is 2.74. The van der Waals surface area contributed by atoms with Crippen LogP contribution in [0.3, 0.4) is 0 Å². The molecular formula is C22H17N3O4. The molecule has 3 aromatic rings. The molecule has 0 aromatic heterocycles. The number of anilines is 1. The van der Waals surface area contributed by atoms with E-state index in [0.717, 1.165) is 23.2 Å². The van der Waals surface area contributed by atoms with Crippen molar-refractivity contribution in [2.45, 2.75) is 18.4 Å². The van der Waals surface area contributed by atoms with Gasteiger partial charge in [0.2, 0.25) is 0 Å². The van der Waals surface area contributed by atoms with Crippen LogP contribution in [-0.2, 0) is 6.42 Å². The minimum Gasteiger partial charge on any atom is -0.378 e. The number of hydrogen-bond donors (Lipinski definition) is 1. The Kier molecular flexibility index (Phi) is 3.84. The number of nitro benzene ring substituents is 2. The molecule has 0 bridgehead atoms. The van der Waals surface area contributed by atoms with E-state index in [2.05, 4.69) is 17.4 Å². The van der Waals surface area contributed by atoms with Gasteiger partial charge in [-0.2, -0.15) is 0 Å². The summed E-state index contributed by atoms with van der Waals surface area (Å²) in [4.78, 5) is 21.8. The first kappa shape index (κ1) is 17.4. The first-order valence-electron chi connectivity index (χ1n) is 9.40. The lowest BCUT2D eigenvalue weighted by atomic mass is 9.75. The van der Waals surface area contributed by atoms with E-state index in [1.165, 1.54) is 23.3 Å². The second-order valence-corrected chi connectivity index (χ2v) is 7.55. The molecular weight excluding hydrogens is 370 g/mol. The lowest BCUT2D eigenvalue weighted by Gasteiger charge is -2.37. The fraction of sp³-hybridized carbons (Fsp3) is 0.182. The number of hydrogen-bond acceptors (Lipinski definition) is 5. The molecule has 0 spiro atoms. The Balaban J connectivity index is 1.67. The van der Waals surface area contributed by atoms with Crippen LogP contribution in [0.4, 0.5) is 17.1 Å². The van der Waals surface area contributed by atoms with Crippen molar-refractivity contribution >= 4 is 17.1 Å². The summed E-state index contributed by atoms with van der Waals surface area (Å²) in [7, 11) is 0. The topological polar surface area (TPSA) is 98.3 Å². The average Bonchev–Trinajstić information content (AvgIpc) is 3.12. The Labute approximate surface area is 166 Å². The molecule has 3 unspecified atom stereocenters. The molecule has 0 fully saturated rings. The molecule has 3 atom stereocenters. The standard InChI is InChI=1S/C22H17N3O4/c26-24(27)15-6-3-5-14(10-15)22-19-11-13-4-1-2-7-17(13)21(19)18-12-16(25(28)29)8-9-20(18)23-22/h1-10,12,19,21-23H,11H2. The molecule has 0 amide bonds. The van der Waals surface area contributed by atoms with Crippen LogP contribution in [0.15, 0.2) is 66.7 Å². The van der Waals surface area contributed by atoms with E-state index in [9.17, 15) is 20.2 Å². The predicted molar refractivity (Wildman–Crippen MR) is 108 cm³/mol. The van der Waals surface area contributed by atoms with Gasteiger partial charge in [-0.1, -0.05) is 36.4 Å². The lowest BCUT2D eigenvalue weighted by molar-refractivity contribution is -0.385. The fourth-order valence-corrected chi connectivity index (χ4v) is 4.82. The number of benzene rings is 3. The number of non-ortho nitro benzene ring substituents is 2. The van der Waals surface area contributed by atoms with Gasteiger partial charge in [0.1, 0.15) is 0 Å². The van der Waals surface area contributed by atoms with Gasteiger partial charge < -0.3 is 5.32 Å². The minimum absolute atomic E-state index is 0.00612. The van der Waals surface area contributed by atoms with Gasteiger partial charge in [0.15, 0.2) is 0 Å². The van der Waals surface area contributed by atoms with Crippen LogP contribution in [0.1, 0.15) is 34.2 Å². The maximum Gasteiger partial charge on any atom is 0.269 e. The number of nitrogens with one attached hydrogen (secondary N) is 1. The monoisotopic (exact) mass is 387 g/mol. The van der Waals surface area contributed by atoms with E-state index < -0.39 is 0 Å². The number of fused-ring (bicyclic) bond motifs is 5. The SMILES string of the molecule is O=[N+]([O-])c1cccc(C2Nc3ccc([N+](=O)[O-])cc3C3c4ccccc4CC23)c1. The Morgan fingerprint density at radius 1 is 0.828 bits per heavy atom. The second-order valence-electron chi connectivity index (χ2n) is 7.55. The summed E-state index contributed by atoms with van der Waals surface area (Å²) in [5, 5.41) is 26.1. The quantitative estimate of drug-likeness (QED) is 0.505. The number of rotatable bonds is 3. The van der Waals surface area contributed by atoms with E-state index >= 15 is 0 Å². The Morgan fingerprint density at radius 3 is 2.38 bits per heavy atom. The van der Waals surface area contributed by atoms with Crippen LogP contribution in [-0.4, -0.2) is 9.85 Å². The maximum absolute atomic E-state index is 11.3.